The normalized spacial score (nSPS) is 26.8. The highest BCUT2D eigenvalue weighted by Crippen LogP contribution is 2.43. The van der Waals surface area contributed by atoms with Crippen LogP contribution in [0.15, 0.2) is 36.4 Å². The van der Waals surface area contributed by atoms with Crippen LogP contribution in [0.1, 0.15) is 18.4 Å². The number of nitrogens with zero attached hydrogens (tertiary/aromatic N) is 1. The minimum Gasteiger partial charge on any atom is -0.378 e. The summed E-state index contributed by atoms with van der Waals surface area (Å²) in [5.74, 6) is 1.55. The monoisotopic (exact) mass is 270 g/mol. The van der Waals surface area contributed by atoms with Gasteiger partial charge in [0.2, 0.25) is 5.91 Å². The van der Waals surface area contributed by atoms with E-state index in [1.165, 1.54) is 12.1 Å². The predicted octanol–water partition coefficient (Wildman–Crippen LogP) is 2.58. The Morgan fingerprint density at radius 3 is 2.50 bits per heavy atom. The molecule has 3 atom stereocenters. The molecule has 3 rings (SSSR count). The van der Waals surface area contributed by atoms with Crippen LogP contribution in [-0.2, 0) is 11.3 Å². The quantitative estimate of drug-likeness (QED) is 0.853. The molecule has 0 saturated heterocycles. The lowest BCUT2D eigenvalue weighted by molar-refractivity contribution is -0.125. The molecule has 1 fully saturated rings. The van der Waals surface area contributed by atoms with Gasteiger partial charge in [-0.05, 0) is 42.4 Å². The molecule has 0 heterocycles. The van der Waals surface area contributed by atoms with E-state index < -0.39 is 0 Å². The number of allylic oxidation sites excluding steroid dienone is 2. The molecule has 20 heavy (non-hydrogen) atoms. The predicted molar refractivity (Wildman–Crippen MR) is 81.5 cm³/mol. The molecule has 0 spiro atoms. The number of fused-ring (bicyclic) bond motifs is 2. The van der Waals surface area contributed by atoms with Gasteiger partial charge in [-0.15, -0.1) is 0 Å². The summed E-state index contributed by atoms with van der Waals surface area (Å²) < 4.78 is 0. The highest BCUT2D eigenvalue weighted by molar-refractivity contribution is 5.80. The Labute approximate surface area is 120 Å². The van der Waals surface area contributed by atoms with Crippen molar-refractivity contribution in [3.63, 3.8) is 0 Å². The summed E-state index contributed by atoms with van der Waals surface area (Å²) in [4.78, 5) is 14.3. The number of hydrogen-bond donors (Lipinski definition) is 1. The zero-order valence-corrected chi connectivity index (χ0v) is 12.2. The lowest BCUT2D eigenvalue weighted by atomic mass is 9.93. The highest BCUT2D eigenvalue weighted by atomic mass is 16.1. The van der Waals surface area contributed by atoms with Crippen LogP contribution in [-0.4, -0.2) is 20.0 Å². The molecule has 0 aromatic heterocycles. The van der Waals surface area contributed by atoms with E-state index in [-0.39, 0.29) is 11.8 Å². The first-order valence-corrected chi connectivity index (χ1v) is 7.36. The largest absolute Gasteiger partial charge is 0.378 e. The molecule has 2 aliphatic carbocycles. The van der Waals surface area contributed by atoms with Crippen LogP contribution in [0.3, 0.4) is 0 Å². The van der Waals surface area contributed by atoms with E-state index in [9.17, 15) is 4.79 Å². The molecule has 1 aromatic rings. The summed E-state index contributed by atoms with van der Waals surface area (Å²) in [6.45, 7) is 0.629. The second kappa shape index (κ2) is 5.31. The molecule has 0 unspecified atom stereocenters. The number of benzene rings is 1. The highest BCUT2D eigenvalue weighted by Gasteiger charge is 2.39. The van der Waals surface area contributed by atoms with Gasteiger partial charge < -0.3 is 10.2 Å². The number of nitrogens with one attached hydrogen (secondary N) is 1. The zero-order valence-electron chi connectivity index (χ0n) is 12.2. The number of hydrogen-bond acceptors (Lipinski definition) is 2. The summed E-state index contributed by atoms with van der Waals surface area (Å²) in [7, 11) is 4.05. The van der Waals surface area contributed by atoms with Gasteiger partial charge in [0.05, 0.1) is 0 Å². The van der Waals surface area contributed by atoms with E-state index in [0.29, 0.717) is 18.4 Å². The Kier molecular flexibility index (Phi) is 3.51. The standard InChI is InChI=1S/C17H22N2O/c1-19(2)15-7-4-12(5-8-15)11-18-17(20)16-10-13-3-6-14(16)9-13/h3-8,13-14,16H,9-11H2,1-2H3,(H,18,20)/t13-,14-,16+/m0/s1. The van der Waals surface area contributed by atoms with Crippen LogP contribution < -0.4 is 10.2 Å². The fourth-order valence-electron chi connectivity index (χ4n) is 3.31. The van der Waals surface area contributed by atoms with E-state index in [2.05, 4.69) is 46.6 Å². The third-order valence-corrected chi connectivity index (χ3v) is 4.54. The van der Waals surface area contributed by atoms with Gasteiger partial charge in [0.15, 0.2) is 0 Å². The van der Waals surface area contributed by atoms with Crippen molar-refractivity contribution < 1.29 is 4.79 Å². The minimum absolute atomic E-state index is 0.200. The van der Waals surface area contributed by atoms with Gasteiger partial charge in [0.25, 0.3) is 0 Å². The smallest absolute Gasteiger partial charge is 0.223 e. The zero-order chi connectivity index (χ0) is 14.1. The van der Waals surface area contributed by atoms with Gasteiger partial charge in [-0.2, -0.15) is 0 Å². The van der Waals surface area contributed by atoms with Gasteiger partial charge in [-0.1, -0.05) is 24.3 Å². The lowest BCUT2D eigenvalue weighted by Crippen LogP contribution is -2.32. The van der Waals surface area contributed by atoms with Crippen molar-refractivity contribution in [1.82, 2.24) is 5.32 Å². The summed E-state index contributed by atoms with van der Waals surface area (Å²) >= 11 is 0. The Morgan fingerprint density at radius 2 is 1.95 bits per heavy atom. The molecular formula is C17H22N2O. The summed E-state index contributed by atoms with van der Waals surface area (Å²) in [6.07, 6.45) is 6.71. The maximum Gasteiger partial charge on any atom is 0.223 e. The van der Waals surface area contributed by atoms with Crippen LogP contribution >= 0.6 is 0 Å². The second-order valence-electron chi connectivity index (χ2n) is 6.17. The third-order valence-electron chi connectivity index (χ3n) is 4.54. The number of carbonyl (C=O) groups is 1. The second-order valence-corrected chi connectivity index (χ2v) is 6.17. The maximum atomic E-state index is 12.2. The van der Waals surface area contributed by atoms with Crippen molar-refractivity contribution in [1.29, 1.82) is 0 Å². The van der Waals surface area contributed by atoms with Gasteiger partial charge in [-0.3, -0.25) is 4.79 Å². The molecule has 106 valence electrons. The molecule has 2 bridgehead atoms. The van der Waals surface area contributed by atoms with Crippen LogP contribution in [0, 0.1) is 17.8 Å². The van der Waals surface area contributed by atoms with Gasteiger partial charge in [-0.25, -0.2) is 0 Å². The van der Waals surface area contributed by atoms with Crippen molar-refractivity contribution in [3.05, 3.63) is 42.0 Å². The van der Waals surface area contributed by atoms with E-state index in [4.69, 9.17) is 0 Å². The Morgan fingerprint density at radius 1 is 1.20 bits per heavy atom. The van der Waals surface area contributed by atoms with E-state index >= 15 is 0 Å². The van der Waals surface area contributed by atoms with Crippen molar-refractivity contribution in [3.8, 4) is 0 Å². The molecule has 1 aromatic carbocycles. The first-order valence-electron chi connectivity index (χ1n) is 7.36. The van der Waals surface area contributed by atoms with Crippen molar-refractivity contribution in [2.24, 2.45) is 17.8 Å². The Bertz CT molecular complexity index is 518. The molecule has 3 nitrogen and oxygen atoms in total. The van der Waals surface area contributed by atoms with Gasteiger partial charge in [0.1, 0.15) is 0 Å². The van der Waals surface area contributed by atoms with Crippen LogP contribution in [0.2, 0.25) is 0 Å². The molecule has 1 saturated carbocycles. The number of amides is 1. The maximum absolute atomic E-state index is 12.2. The molecule has 1 N–H and O–H groups in total. The first kappa shape index (κ1) is 13.2. The fourth-order valence-corrected chi connectivity index (χ4v) is 3.31. The Balaban J connectivity index is 1.54. The lowest BCUT2D eigenvalue weighted by Gasteiger charge is -2.18. The van der Waals surface area contributed by atoms with Crippen LogP contribution in [0.25, 0.3) is 0 Å². The van der Waals surface area contributed by atoms with Crippen molar-refractivity contribution in [2.45, 2.75) is 19.4 Å². The number of rotatable bonds is 4. The van der Waals surface area contributed by atoms with E-state index in [1.54, 1.807) is 0 Å². The topological polar surface area (TPSA) is 32.3 Å². The molecule has 0 aliphatic heterocycles. The third kappa shape index (κ3) is 2.58. The van der Waals surface area contributed by atoms with Gasteiger partial charge in [0, 0.05) is 32.2 Å². The molecule has 0 radical (unpaired) electrons. The summed E-state index contributed by atoms with van der Waals surface area (Å²) in [6, 6.07) is 8.33. The van der Waals surface area contributed by atoms with Gasteiger partial charge >= 0.3 is 0 Å². The minimum atomic E-state index is 0.200. The number of carbonyl (C=O) groups excluding carboxylic acids is 1. The van der Waals surface area contributed by atoms with Crippen molar-refractivity contribution in [2.75, 3.05) is 19.0 Å². The fraction of sp³-hybridized carbons (Fsp3) is 0.471. The molecular weight excluding hydrogens is 248 g/mol. The SMILES string of the molecule is CN(C)c1ccc(CNC(=O)[C@@H]2C[C@H]3C=C[C@H]2C3)cc1. The van der Waals surface area contributed by atoms with Crippen LogP contribution in [0.5, 0.6) is 0 Å². The summed E-state index contributed by atoms with van der Waals surface area (Å²) in [5, 5.41) is 3.09. The molecule has 2 aliphatic rings. The molecule has 1 amide bonds. The molecule has 3 heteroatoms. The van der Waals surface area contributed by atoms with Crippen LogP contribution in [0.4, 0.5) is 5.69 Å². The Hall–Kier alpha value is -1.77. The average molecular weight is 270 g/mol. The summed E-state index contributed by atoms with van der Waals surface area (Å²) in [5.41, 5.74) is 2.33. The van der Waals surface area contributed by atoms with Crippen molar-refractivity contribution >= 4 is 11.6 Å². The first-order chi connectivity index (χ1) is 9.63. The average Bonchev–Trinajstić information content (AvgIpc) is 3.08. The number of anilines is 1. The van der Waals surface area contributed by atoms with E-state index in [0.717, 1.165) is 12.0 Å². The van der Waals surface area contributed by atoms with E-state index in [1.807, 2.05) is 14.1 Å².